The number of benzene rings is 1. The minimum absolute atomic E-state index is 0.116. The molecule has 214 valence electrons. The lowest BCUT2D eigenvalue weighted by molar-refractivity contribution is 0.0288. The molecule has 4 heterocycles. The Morgan fingerprint density at radius 3 is 2.80 bits per heavy atom. The van der Waals surface area contributed by atoms with E-state index in [1.807, 2.05) is 56.9 Å². The smallest absolute Gasteiger partial charge is 0.410 e. The van der Waals surface area contributed by atoms with Crippen LogP contribution < -0.4 is 5.73 Å². The monoisotopic (exact) mass is 555 g/mol. The van der Waals surface area contributed by atoms with Gasteiger partial charge in [-0.1, -0.05) is 25.8 Å². The van der Waals surface area contributed by atoms with Crippen LogP contribution >= 0.6 is 0 Å². The van der Waals surface area contributed by atoms with Crippen LogP contribution in [0.3, 0.4) is 0 Å². The summed E-state index contributed by atoms with van der Waals surface area (Å²) >= 11 is 0. The lowest BCUT2D eigenvalue weighted by Gasteiger charge is -2.24. The van der Waals surface area contributed by atoms with Crippen molar-refractivity contribution in [3.8, 4) is 11.8 Å². The van der Waals surface area contributed by atoms with Gasteiger partial charge in [-0.25, -0.2) is 9.78 Å². The molecule has 0 saturated carbocycles. The van der Waals surface area contributed by atoms with Gasteiger partial charge in [-0.05, 0) is 57.7 Å². The van der Waals surface area contributed by atoms with Crippen LogP contribution in [0.4, 0.5) is 10.6 Å². The van der Waals surface area contributed by atoms with Gasteiger partial charge in [0.2, 0.25) is 0 Å². The molecule has 5 rings (SSSR count). The van der Waals surface area contributed by atoms with Crippen molar-refractivity contribution in [3.05, 3.63) is 54.0 Å². The number of nitrogens with zero attached hydrogens (tertiary/aromatic N) is 6. The Hall–Kier alpha value is -4.52. The van der Waals surface area contributed by atoms with Crippen molar-refractivity contribution in [2.75, 3.05) is 25.4 Å². The topological polar surface area (TPSA) is 113 Å². The first-order valence-electron chi connectivity index (χ1n) is 14.0. The molecule has 1 atom stereocenters. The van der Waals surface area contributed by atoms with Crippen molar-refractivity contribution in [3.63, 3.8) is 0 Å². The molecule has 0 spiro atoms. The second kappa shape index (κ2) is 11.2. The van der Waals surface area contributed by atoms with E-state index in [9.17, 15) is 4.79 Å². The molecule has 1 saturated heterocycles. The number of ether oxygens (including phenoxy) is 2. The Morgan fingerprint density at radius 1 is 1.24 bits per heavy atom. The van der Waals surface area contributed by atoms with Gasteiger partial charge in [-0.15, -0.1) is 0 Å². The molecular weight excluding hydrogens is 518 g/mol. The van der Waals surface area contributed by atoms with E-state index in [4.69, 9.17) is 20.3 Å². The summed E-state index contributed by atoms with van der Waals surface area (Å²) < 4.78 is 15.3. The molecule has 1 amide bonds. The third kappa shape index (κ3) is 5.99. The van der Waals surface area contributed by atoms with Crippen molar-refractivity contribution in [1.29, 1.82) is 0 Å². The molecule has 4 aromatic rings. The number of rotatable bonds is 6. The molecule has 0 unspecified atom stereocenters. The number of anilines is 1. The standard InChI is InChI=1S/C31H37N7O3/c1-7-8-15-40-20(2)24-17-33-29(32)27-25(12-10-21-9-11-22-18-36(6)34-26(22)16-21)35-38(28(24)27)23-13-14-37(19-23)30(39)41-31(3,4)5/h9,11,16-18,23H,2,7-8,13-15,19H2,1,3-6H3,(H2,32,33)/t23-/m0/s1. The second-order valence-corrected chi connectivity index (χ2v) is 11.4. The van der Waals surface area contributed by atoms with Crippen molar-refractivity contribution < 1.29 is 14.3 Å². The van der Waals surface area contributed by atoms with Gasteiger partial charge in [0.05, 0.1) is 34.6 Å². The van der Waals surface area contributed by atoms with Crippen LogP contribution in [-0.2, 0) is 16.5 Å². The highest BCUT2D eigenvalue weighted by molar-refractivity contribution is 5.99. The maximum Gasteiger partial charge on any atom is 0.410 e. The van der Waals surface area contributed by atoms with Crippen molar-refractivity contribution in [1.82, 2.24) is 29.4 Å². The predicted octanol–water partition coefficient (Wildman–Crippen LogP) is 5.27. The fourth-order valence-corrected chi connectivity index (χ4v) is 4.95. The van der Waals surface area contributed by atoms with Crippen LogP contribution in [0.25, 0.3) is 27.6 Å². The average molecular weight is 556 g/mol. The molecule has 1 aliphatic heterocycles. The number of fused-ring (bicyclic) bond motifs is 2. The zero-order valence-corrected chi connectivity index (χ0v) is 24.4. The Morgan fingerprint density at radius 2 is 2.05 bits per heavy atom. The quantitative estimate of drug-likeness (QED) is 0.196. The highest BCUT2D eigenvalue weighted by Gasteiger charge is 2.33. The Balaban J connectivity index is 1.56. The van der Waals surface area contributed by atoms with Gasteiger partial charge in [0, 0.05) is 43.5 Å². The summed E-state index contributed by atoms with van der Waals surface area (Å²) in [5, 5.41) is 11.1. The zero-order valence-electron chi connectivity index (χ0n) is 24.4. The normalized spacial score (nSPS) is 15.2. The zero-order chi connectivity index (χ0) is 29.3. The highest BCUT2D eigenvalue weighted by Crippen LogP contribution is 2.35. The van der Waals surface area contributed by atoms with Gasteiger partial charge in [0.15, 0.2) is 0 Å². The van der Waals surface area contributed by atoms with Crippen molar-refractivity contribution in [2.24, 2.45) is 7.05 Å². The molecule has 1 aromatic carbocycles. The van der Waals surface area contributed by atoms with Crippen molar-refractivity contribution >= 4 is 39.5 Å². The first-order chi connectivity index (χ1) is 19.5. The van der Waals surface area contributed by atoms with E-state index < -0.39 is 5.60 Å². The molecule has 2 N–H and O–H groups in total. The molecule has 3 aromatic heterocycles. The number of unbranched alkanes of at least 4 members (excludes halogenated alkanes) is 1. The van der Waals surface area contributed by atoms with Gasteiger partial charge in [0.25, 0.3) is 0 Å². The molecule has 10 nitrogen and oxygen atoms in total. The first kappa shape index (κ1) is 28.0. The van der Waals surface area contributed by atoms with E-state index in [0.29, 0.717) is 54.3 Å². The summed E-state index contributed by atoms with van der Waals surface area (Å²) in [6, 6.07) is 5.79. The summed E-state index contributed by atoms with van der Waals surface area (Å²) in [7, 11) is 1.89. The summed E-state index contributed by atoms with van der Waals surface area (Å²) in [4.78, 5) is 19.0. The molecular formula is C31H37N7O3. The predicted molar refractivity (Wildman–Crippen MR) is 160 cm³/mol. The van der Waals surface area contributed by atoms with E-state index in [0.717, 1.165) is 34.8 Å². The fourth-order valence-electron chi connectivity index (χ4n) is 4.95. The maximum absolute atomic E-state index is 12.8. The third-order valence-corrected chi connectivity index (χ3v) is 6.94. The Kier molecular flexibility index (Phi) is 7.63. The number of carbonyl (C=O) groups excluding carboxylic acids is 1. The SMILES string of the molecule is C=C(OCCCC)c1cnc(N)c2c(C#Cc3ccc4cn(C)nc4c3)nn([C@H]3CCN(C(=O)OC(C)(C)C)C3)c12. The minimum atomic E-state index is -0.574. The van der Waals surface area contributed by atoms with E-state index >= 15 is 0 Å². The van der Waals surface area contributed by atoms with Crippen LogP contribution in [0.5, 0.6) is 0 Å². The molecule has 0 bridgehead atoms. The lowest BCUT2D eigenvalue weighted by atomic mass is 10.1. The van der Waals surface area contributed by atoms with E-state index in [1.165, 1.54) is 0 Å². The van der Waals surface area contributed by atoms with Crippen LogP contribution in [0, 0.1) is 11.8 Å². The number of likely N-dealkylation sites (tertiary alicyclic amines) is 1. The van der Waals surface area contributed by atoms with Crippen LogP contribution in [0.1, 0.15) is 69.8 Å². The number of aromatic nitrogens is 5. The number of aryl methyl sites for hydroxylation is 1. The second-order valence-electron chi connectivity index (χ2n) is 11.4. The number of nitrogen functional groups attached to an aromatic ring is 1. The lowest BCUT2D eigenvalue weighted by Crippen LogP contribution is -2.35. The van der Waals surface area contributed by atoms with Gasteiger partial charge in [-0.3, -0.25) is 9.36 Å². The summed E-state index contributed by atoms with van der Waals surface area (Å²) in [5.41, 5.74) is 9.51. The van der Waals surface area contributed by atoms with Crippen molar-refractivity contribution in [2.45, 2.75) is 58.6 Å². The molecule has 0 aliphatic carbocycles. The Bertz CT molecular complexity index is 1680. The Labute approximate surface area is 240 Å². The number of nitrogens with two attached hydrogens (primary N) is 1. The van der Waals surface area contributed by atoms with Gasteiger partial charge >= 0.3 is 6.09 Å². The molecule has 1 fully saturated rings. The number of carbonyl (C=O) groups is 1. The van der Waals surface area contributed by atoms with Crippen LogP contribution in [-0.4, -0.2) is 60.8 Å². The van der Waals surface area contributed by atoms with E-state index in [2.05, 4.69) is 35.4 Å². The summed E-state index contributed by atoms with van der Waals surface area (Å²) in [6.07, 6.45) is 5.92. The minimum Gasteiger partial charge on any atom is -0.493 e. The third-order valence-electron chi connectivity index (χ3n) is 6.94. The van der Waals surface area contributed by atoms with Gasteiger partial charge < -0.3 is 20.1 Å². The largest absolute Gasteiger partial charge is 0.493 e. The molecule has 1 aliphatic rings. The number of pyridine rings is 1. The maximum atomic E-state index is 12.8. The molecule has 41 heavy (non-hydrogen) atoms. The van der Waals surface area contributed by atoms with E-state index in [1.54, 1.807) is 15.8 Å². The van der Waals surface area contributed by atoms with Gasteiger partial charge in [-0.2, -0.15) is 10.2 Å². The number of hydrogen-bond donors (Lipinski definition) is 1. The highest BCUT2D eigenvalue weighted by atomic mass is 16.6. The van der Waals surface area contributed by atoms with Crippen LogP contribution in [0.2, 0.25) is 0 Å². The van der Waals surface area contributed by atoms with Gasteiger partial charge in [0.1, 0.15) is 22.9 Å². The average Bonchev–Trinajstić information content (AvgIpc) is 3.63. The van der Waals surface area contributed by atoms with Crippen LogP contribution in [0.15, 0.2) is 37.2 Å². The molecule has 0 radical (unpaired) electrons. The van der Waals surface area contributed by atoms with E-state index in [-0.39, 0.29) is 12.1 Å². The number of hydrogen-bond acceptors (Lipinski definition) is 7. The summed E-state index contributed by atoms with van der Waals surface area (Å²) in [5.74, 6) is 7.29. The number of amides is 1. The fraction of sp³-hybridized carbons (Fsp3) is 0.419. The molecule has 10 heteroatoms. The summed E-state index contributed by atoms with van der Waals surface area (Å²) in [6.45, 7) is 13.4. The first-order valence-corrected chi connectivity index (χ1v) is 14.0.